The topological polar surface area (TPSA) is 48.0 Å². The third-order valence-corrected chi connectivity index (χ3v) is 4.89. The molecular weight excluding hydrogens is 282 g/mol. The van der Waals surface area contributed by atoms with Crippen LogP contribution in [0.1, 0.15) is 29.6 Å². The van der Waals surface area contributed by atoms with Gasteiger partial charge in [-0.05, 0) is 32.0 Å². The van der Waals surface area contributed by atoms with Gasteiger partial charge in [-0.25, -0.2) is 4.79 Å². The molecule has 0 amide bonds. The number of carbonyl (C=O) groups is 1. The van der Waals surface area contributed by atoms with Crippen molar-refractivity contribution in [1.29, 1.82) is 0 Å². The largest absolute Gasteiger partial charge is 0.497 e. The summed E-state index contributed by atoms with van der Waals surface area (Å²) < 4.78 is 16.2. The third kappa shape index (κ3) is 2.90. The molecule has 3 aliphatic rings. The molecule has 1 aromatic rings. The summed E-state index contributed by atoms with van der Waals surface area (Å²) in [7, 11) is 5.29. The summed E-state index contributed by atoms with van der Waals surface area (Å²) in [6, 6.07) is 5.67. The number of ether oxygens (including phenoxy) is 3. The van der Waals surface area contributed by atoms with Crippen molar-refractivity contribution in [2.24, 2.45) is 5.92 Å². The van der Waals surface area contributed by atoms with Gasteiger partial charge in [-0.2, -0.15) is 0 Å². The molecule has 2 heterocycles. The SMILES string of the molecule is COc1cc(OC)cc(C(=O)O[C@H]2C[C@@H]3CC[C@H]2CN3C)c1. The van der Waals surface area contributed by atoms with Crippen molar-refractivity contribution in [2.75, 3.05) is 27.8 Å². The first-order valence-electron chi connectivity index (χ1n) is 7.75. The molecule has 1 aliphatic carbocycles. The lowest BCUT2D eigenvalue weighted by molar-refractivity contribution is -0.0558. The first-order chi connectivity index (χ1) is 10.6. The minimum atomic E-state index is -0.294. The van der Waals surface area contributed by atoms with Gasteiger partial charge in [0.2, 0.25) is 0 Å². The van der Waals surface area contributed by atoms with Gasteiger partial charge in [0, 0.05) is 31.0 Å². The van der Waals surface area contributed by atoms with E-state index in [1.807, 2.05) is 0 Å². The van der Waals surface area contributed by atoms with Crippen molar-refractivity contribution in [1.82, 2.24) is 4.90 Å². The Morgan fingerprint density at radius 2 is 1.82 bits per heavy atom. The van der Waals surface area contributed by atoms with E-state index in [1.165, 1.54) is 6.42 Å². The van der Waals surface area contributed by atoms with E-state index < -0.39 is 0 Å². The van der Waals surface area contributed by atoms with Crippen molar-refractivity contribution in [3.8, 4) is 11.5 Å². The first-order valence-corrected chi connectivity index (χ1v) is 7.75. The van der Waals surface area contributed by atoms with Gasteiger partial charge < -0.3 is 19.1 Å². The van der Waals surface area contributed by atoms with Crippen molar-refractivity contribution in [3.05, 3.63) is 23.8 Å². The minimum Gasteiger partial charge on any atom is -0.497 e. The van der Waals surface area contributed by atoms with E-state index >= 15 is 0 Å². The molecule has 3 fully saturated rings. The van der Waals surface area contributed by atoms with Crippen LogP contribution in [0.4, 0.5) is 0 Å². The Balaban J connectivity index is 1.72. The van der Waals surface area contributed by atoms with Gasteiger partial charge in [0.1, 0.15) is 17.6 Å². The predicted molar refractivity (Wildman–Crippen MR) is 82.5 cm³/mol. The summed E-state index contributed by atoms with van der Waals surface area (Å²) in [5, 5.41) is 0. The van der Waals surface area contributed by atoms with Crippen LogP contribution in [0.2, 0.25) is 0 Å². The summed E-state index contributed by atoms with van der Waals surface area (Å²) in [4.78, 5) is 14.8. The normalized spacial score (nSPS) is 27.5. The summed E-state index contributed by atoms with van der Waals surface area (Å²) in [6.07, 6.45) is 3.32. The zero-order valence-electron chi connectivity index (χ0n) is 13.4. The van der Waals surface area contributed by atoms with Crippen LogP contribution >= 0.6 is 0 Å². The third-order valence-electron chi connectivity index (χ3n) is 4.89. The van der Waals surface area contributed by atoms with E-state index in [4.69, 9.17) is 14.2 Å². The molecule has 0 N–H and O–H groups in total. The summed E-state index contributed by atoms with van der Waals surface area (Å²) in [5.41, 5.74) is 0.478. The fourth-order valence-corrected chi connectivity index (χ4v) is 3.57. The second-order valence-corrected chi connectivity index (χ2v) is 6.21. The Labute approximate surface area is 131 Å². The van der Waals surface area contributed by atoms with Crippen LogP contribution < -0.4 is 9.47 Å². The van der Waals surface area contributed by atoms with Crippen LogP contribution in [0.15, 0.2) is 18.2 Å². The van der Waals surface area contributed by atoms with E-state index in [0.717, 1.165) is 19.4 Å². The Bertz CT molecular complexity index is 537. The molecular formula is C17H23NO4. The van der Waals surface area contributed by atoms with Crippen molar-refractivity contribution < 1.29 is 19.0 Å². The molecule has 0 unspecified atom stereocenters. The number of nitrogens with zero attached hydrogens (tertiary/aromatic N) is 1. The fourth-order valence-electron chi connectivity index (χ4n) is 3.57. The highest BCUT2D eigenvalue weighted by Gasteiger charge is 2.40. The van der Waals surface area contributed by atoms with Gasteiger partial charge in [-0.1, -0.05) is 0 Å². The standard InChI is InChI=1S/C17H23NO4/c1-18-10-11-4-5-13(18)8-16(11)22-17(19)12-6-14(20-2)9-15(7-12)21-3/h6-7,9,11,13,16H,4-5,8,10H2,1-3H3/t11-,13-,16-/m0/s1. The van der Waals surface area contributed by atoms with Crippen molar-refractivity contribution >= 4 is 5.97 Å². The van der Waals surface area contributed by atoms with Crippen LogP contribution in [-0.2, 0) is 4.74 Å². The zero-order valence-corrected chi connectivity index (χ0v) is 13.4. The smallest absolute Gasteiger partial charge is 0.338 e. The summed E-state index contributed by atoms with van der Waals surface area (Å²) in [5.74, 6) is 1.34. The zero-order chi connectivity index (χ0) is 15.7. The molecule has 0 radical (unpaired) electrons. The first kappa shape index (κ1) is 15.2. The summed E-state index contributed by atoms with van der Waals surface area (Å²) >= 11 is 0. The molecule has 5 heteroatoms. The number of hydrogen-bond acceptors (Lipinski definition) is 5. The lowest BCUT2D eigenvalue weighted by Gasteiger charge is -2.47. The minimum absolute atomic E-state index is 0.0274. The number of methoxy groups -OCH3 is 2. The summed E-state index contributed by atoms with van der Waals surface area (Å²) in [6.45, 7) is 1.02. The highest BCUT2D eigenvalue weighted by Crippen LogP contribution is 2.36. The monoisotopic (exact) mass is 305 g/mol. The number of benzene rings is 1. The molecule has 1 aromatic carbocycles. The highest BCUT2D eigenvalue weighted by molar-refractivity contribution is 5.90. The highest BCUT2D eigenvalue weighted by atomic mass is 16.5. The lowest BCUT2D eigenvalue weighted by atomic mass is 9.78. The molecule has 3 atom stereocenters. The van der Waals surface area contributed by atoms with Crippen LogP contribution in [-0.4, -0.2) is 50.8 Å². The number of fused-ring (bicyclic) bond motifs is 3. The van der Waals surface area contributed by atoms with Gasteiger partial charge in [0.15, 0.2) is 0 Å². The van der Waals surface area contributed by atoms with Crippen LogP contribution in [0.25, 0.3) is 0 Å². The number of rotatable bonds is 4. The fraction of sp³-hybridized carbons (Fsp3) is 0.588. The molecule has 2 bridgehead atoms. The number of piperidine rings is 2. The average molecular weight is 305 g/mol. The molecule has 2 saturated heterocycles. The van der Waals surface area contributed by atoms with E-state index in [1.54, 1.807) is 32.4 Å². The molecule has 22 heavy (non-hydrogen) atoms. The van der Waals surface area contributed by atoms with E-state index in [9.17, 15) is 4.79 Å². The molecule has 1 saturated carbocycles. The maximum atomic E-state index is 12.5. The molecule has 0 spiro atoms. The lowest BCUT2D eigenvalue weighted by Crippen LogP contribution is -2.53. The van der Waals surface area contributed by atoms with Crippen LogP contribution in [0, 0.1) is 5.92 Å². The van der Waals surface area contributed by atoms with Gasteiger partial charge in [-0.15, -0.1) is 0 Å². The Morgan fingerprint density at radius 1 is 1.14 bits per heavy atom. The van der Waals surface area contributed by atoms with Gasteiger partial charge in [0.25, 0.3) is 0 Å². The molecule has 5 nitrogen and oxygen atoms in total. The number of carbonyl (C=O) groups excluding carboxylic acids is 1. The van der Waals surface area contributed by atoms with Crippen molar-refractivity contribution in [2.45, 2.75) is 31.4 Å². The van der Waals surface area contributed by atoms with Crippen molar-refractivity contribution in [3.63, 3.8) is 0 Å². The van der Waals surface area contributed by atoms with E-state index in [0.29, 0.717) is 29.0 Å². The second kappa shape index (κ2) is 6.16. The molecule has 4 rings (SSSR count). The van der Waals surface area contributed by atoms with E-state index in [2.05, 4.69) is 11.9 Å². The molecule has 0 aromatic heterocycles. The number of esters is 1. The Morgan fingerprint density at radius 3 is 2.32 bits per heavy atom. The quantitative estimate of drug-likeness (QED) is 0.799. The number of hydrogen-bond donors (Lipinski definition) is 0. The maximum absolute atomic E-state index is 12.5. The molecule has 120 valence electrons. The van der Waals surface area contributed by atoms with E-state index in [-0.39, 0.29) is 12.1 Å². The van der Waals surface area contributed by atoms with Gasteiger partial charge in [0.05, 0.1) is 19.8 Å². The average Bonchev–Trinajstić information content (AvgIpc) is 2.55. The van der Waals surface area contributed by atoms with Gasteiger partial charge >= 0.3 is 5.97 Å². The Kier molecular flexibility index (Phi) is 4.25. The van der Waals surface area contributed by atoms with Crippen LogP contribution in [0.3, 0.4) is 0 Å². The molecule has 2 aliphatic heterocycles. The van der Waals surface area contributed by atoms with Gasteiger partial charge in [-0.3, -0.25) is 0 Å². The predicted octanol–water partition coefficient (Wildman–Crippen LogP) is 2.34. The van der Waals surface area contributed by atoms with Crippen LogP contribution in [0.5, 0.6) is 11.5 Å². The Hall–Kier alpha value is -1.75. The second-order valence-electron chi connectivity index (χ2n) is 6.21. The maximum Gasteiger partial charge on any atom is 0.338 e.